The molecule has 0 bridgehead atoms. The van der Waals surface area contributed by atoms with Crippen LogP contribution in [0.1, 0.15) is 63.0 Å². The Morgan fingerprint density at radius 1 is 0.892 bits per heavy atom. The van der Waals surface area contributed by atoms with E-state index < -0.39 is 11.6 Å². The summed E-state index contributed by atoms with van der Waals surface area (Å²) in [6, 6.07) is 15.5. The first-order valence-electron chi connectivity index (χ1n) is 13.8. The van der Waals surface area contributed by atoms with Gasteiger partial charge in [0.05, 0.1) is 10.0 Å². The van der Waals surface area contributed by atoms with Crippen molar-refractivity contribution >= 4 is 35.0 Å². The van der Waals surface area contributed by atoms with Crippen molar-refractivity contribution in [1.82, 2.24) is 15.1 Å². The van der Waals surface area contributed by atoms with Gasteiger partial charge in [0, 0.05) is 26.1 Å². The second kappa shape index (κ2) is 13.1. The molecule has 2 heterocycles. The van der Waals surface area contributed by atoms with Gasteiger partial charge in [-0.05, 0) is 68.3 Å². The van der Waals surface area contributed by atoms with Gasteiger partial charge in [0.1, 0.15) is 11.6 Å². The number of unbranched alkanes of at least 4 members (excludes halogenated alkanes) is 3. The van der Waals surface area contributed by atoms with Crippen molar-refractivity contribution in [2.75, 3.05) is 26.2 Å². The fraction of sp³-hybridized carbons (Fsp3) is 0.533. The van der Waals surface area contributed by atoms with E-state index >= 15 is 0 Å². The SMILES string of the molecule is CCCN1C(=O)[C@H](Cc2ccc(Cl)c(Cl)c2)NC(=O)C12CCN(CCCCCCc1ccccc1)CC2. The number of aryl methyl sites for hydroxylation is 1. The van der Waals surface area contributed by atoms with Crippen LogP contribution in [0.3, 0.4) is 0 Å². The summed E-state index contributed by atoms with van der Waals surface area (Å²) in [5.74, 6) is 0.00515. The summed E-state index contributed by atoms with van der Waals surface area (Å²) in [5.41, 5.74) is 1.58. The van der Waals surface area contributed by atoms with Gasteiger partial charge in [0.15, 0.2) is 0 Å². The van der Waals surface area contributed by atoms with Crippen LogP contribution in [0.15, 0.2) is 48.5 Å². The number of carbonyl (C=O) groups excluding carboxylic acids is 2. The van der Waals surface area contributed by atoms with Crippen LogP contribution in [0.5, 0.6) is 0 Å². The smallest absolute Gasteiger partial charge is 0.246 e. The zero-order valence-corrected chi connectivity index (χ0v) is 23.4. The Bertz CT molecular complexity index is 1050. The summed E-state index contributed by atoms with van der Waals surface area (Å²) >= 11 is 12.2. The fourth-order valence-corrected chi connectivity index (χ4v) is 6.09. The van der Waals surface area contributed by atoms with E-state index in [1.165, 1.54) is 31.2 Å². The Labute approximate surface area is 231 Å². The third-order valence-electron chi connectivity index (χ3n) is 7.90. The lowest BCUT2D eigenvalue weighted by Crippen LogP contribution is -2.73. The van der Waals surface area contributed by atoms with E-state index in [0.717, 1.165) is 38.0 Å². The highest BCUT2D eigenvalue weighted by Gasteiger charge is 2.53. The van der Waals surface area contributed by atoms with E-state index in [0.29, 0.717) is 35.9 Å². The lowest BCUT2D eigenvalue weighted by Gasteiger charge is -2.51. The number of carbonyl (C=O) groups is 2. The van der Waals surface area contributed by atoms with Gasteiger partial charge in [0.25, 0.3) is 0 Å². The Balaban J connectivity index is 1.27. The van der Waals surface area contributed by atoms with Crippen LogP contribution in [0.4, 0.5) is 0 Å². The van der Waals surface area contributed by atoms with Crippen molar-refractivity contribution in [3.05, 3.63) is 69.7 Å². The van der Waals surface area contributed by atoms with E-state index in [-0.39, 0.29) is 11.8 Å². The van der Waals surface area contributed by atoms with E-state index in [1.54, 1.807) is 12.1 Å². The third-order valence-corrected chi connectivity index (χ3v) is 8.63. The molecule has 2 aromatic rings. The molecule has 2 aliphatic heterocycles. The highest BCUT2D eigenvalue weighted by atomic mass is 35.5. The molecule has 0 saturated carbocycles. The number of rotatable bonds is 11. The van der Waals surface area contributed by atoms with Gasteiger partial charge in [-0.15, -0.1) is 0 Å². The number of piperidine rings is 1. The lowest BCUT2D eigenvalue weighted by molar-refractivity contribution is -0.161. The maximum Gasteiger partial charge on any atom is 0.246 e. The second-order valence-electron chi connectivity index (χ2n) is 10.5. The van der Waals surface area contributed by atoms with Crippen LogP contribution in [0.2, 0.25) is 10.0 Å². The maximum absolute atomic E-state index is 13.6. The largest absolute Gasteiger partial charge is 0.342 e. The van der Waals surface area contributed by atoms with E-state index in [2.05, 4.69) is 47.5 Å². The Hall–Kier alpha value is -2.08. The fourth-order valence-electron chi connectivity index (χ4n) is 5.77. The average Bonchev–Trinajstić information content (AvgIpc) is 2.91. The molecule has 1 atom stereocenters. The zero-order chi connectivity index (χ0) is 26.3. The van der Waals surface area contributed by atoms with Crippen LogP contribution >= 0.6 is 23.2 Å². The van der Waals surface area contributed by atoms with Gasteiger partial charge >= 0.3 is 0 Å². The number of halogens is 2. The quantitative estimate of drug-likeness (QED) is 0.358. The van der Waals surface area contributed by atoms with Crippen LogP contribution in [0, 0.1) is 0 Å². The molecule has 200 valence electrons. The summed E-state index contributed by atoms with van der Waals surface area (Å²) in [4.78, 5) is 31.4. The van der Waals surface area contributed by atoms with Crippen LogP contribution in [-0.4, -0.2) is 59.4 Å². The Morgan fingerprint density at radius 3 is 2.32 bits per heavy atom. The van der Waals surface area contributed by atoms with Gasteiger partial charge in [-0.25, -0.2) is 0 Å². The summed E-state index contributed by atoms with van der Waals surface area (Å²) in [6.07, 6.45) is 8.65. The number of hydrogen-bond acceptors (Lipinski definition) is 3. The topological polar surface area (TPSA) is 52.7 Å². The van der Waals surface area contributed by atoms with Crippen LogP contribution in [0.25, 0.3) is 0 Å². The molecule has 2 fully saturated rings. The van der Waals surface area contributed by atoms with Crippen molar-refractivity contribution < 1.29 is 9.59 Å². The van der Waals surface area contributed by atoms with Crippen LogP contribution < -0.4 is 5.32 Å². The highest BCUT2D eigenvalue weighted by molar-refractivity contribution is 6.42. The molecular formula is C30H39Cl2N3O2. The predicted octanol–water partition coefficient (Wildman–Crippen LogP) is 5.91. The standard InChI is InChI=1S/C30H39Cl2N3O2/c1-2-17-35-28(36)27(22-24-13-14-25(31)26(32)21-24)33-29(37)30(35)15-19-34(20-16-30)18-9-4-3-6-10-23-11-7-5-8-12-23/h5,7-8,11-14,21,27H,2-4,6,9-10,15-20,22H2,1H3,(H,33,37)/t27-/m0/s1. The summed E-state index contributed by atoms with van der Waals surface area (Å²) in [5, 5.41) is 4.01. The minimum Gasteiger partial charge on any atom is -0.342 e. The first-order valence-corrected chi connectivity index (χ1v) is 14.5. The summed E-state index contributed by atoms with van der Waals surface area (Å²) in [7, 11) is 0. The van der Waals surface area contributed by atoms with E-state index in [1.807, 2.05) is 11.0 Å². The lowest BCUT2D eigenvalue weighted by atomic mass is 9.81. The molecule has 2 amide bonds. The van der Waals surface area contributed by atoms with Crippen molar-refractivity contribution in [3.63, 3.8) is 0 Å². The monoisotopic (exact) mass is 543 g/mol. The minimum atomic E-state index is -0.729. The first-order chi connectivity index (χ1) is 17.9. The van der Waals surface area contributed by atoms with Crippen molar-refractivity contribution in [2.24, 2.45) is 0 Å². The molecule has 4 rings (SSSR count). The molecule has 1 spiro atoms. The Kier molecular flexibility index (Phi) is 9.91. The van der Waals surface area contributed by atoms with Gasteiger partial charge in [-0.2, -0.15) is 0 Å². The van der Waals surface area contributed by atoms with E-state index in [9.17, 15) is 9.59 Å². The van der Waals surface area contributed by atoms with Crippen molar-refractivity contribution in [2.45, 2.75) is 76.3 Å². The molecule has 5 nitrogen and oxygen atoms in total. The predicted molar refractivity (Wildman–Crippen MR) is 151 cm³/mol. The Morgan fingerprint density at radius 2 is 1.62 bits per heavy atom. The molecule has 2 saturated heterocycles. The summed E-state index contributed by atoms with van der Waals surface area (Å²) in [6.45, 7) is 5.43. The zero-order valence-electron chi connectivity index (χ0n) is 21.9. The van der Waals surface area contributed by atoms with Gasteiger partial charge in [-0.1, -0.05) is 79.4 Å². The maximum atomic E-state index is 13.6. The molecule has 0 aromatic heterocycles. The van der Waals surface area contributed by atoms with Crippen LogP contribution in [-0.2, 0) is 22.4 Å². The number of piperazine rings is 1. The number of amides is 2. The first kappa shape index (κ1) is 27.9. The molecule has 2 aromatic carbocycles. The molecule has 2 aliphatic rings. The molecule has 0 radical (unpaired) electrons. The average molecular weight is 545 g/mol. The molecule has 0 aliphatic carbocycles. The number of nitrogens with one attached hydrogen (secondary N) is 1. The summed E-state index contributed by atoms with van der Waals surface area (Å²) < 4.78 is 0. The number of nitrogens with zero attached hydrogens (tertiary/aromatic N) is 2. The van der Waals surface area contributed by atoms with Crippen molar-refractivity contribution in [3.8, 4) is 0 Å². The van der Waals surface area contributed by atoms with Crippen molar-refractivity contribution in [1.29, 1.82) is 0 Å². The second-order valence-corrected chi connectivity index (χ2v) is 11.3. The molecule has 7 heteroatoms. The highest BCUT2D eigenvalue weighted by Crippen LogP contribution is 2.34. The minimum absolute atomic E-state index is 0.00817. The molecule has 0 unspecified atom stereocenters. The van der Waals surface area contributed by atoms with Gasteiger partial charge in [-0.3, -0.25) is 9.59 Å². The van der Waals surface area contributed by atoms with E-state index in [4.69, 9.17) is 23.2 Å². The van der Waals surface area contributed by atoms with Gasteiger partial charge in [0.2, 0.25) is 11.8 Å². The molecule has 37 heavy (non-hydrogen) atoms. The number of likely N-dealkylation sites (tertiary alicyclic amines) is 1. The molecule has 1 N–H and O–H groups in total. The molecular weight excluding hydrogens is 505 g/mol. The normalized spacial score (nSPS) is 19.9. The van der Waals surface area contributed by atoms with Gasteiger partial charge < -0.3 is 15.1 Å². The number of benzene rings is 2. The third kappa shape index (κ3) is 6.87. The number of hydrogen-bond donors (Lipinski definition) is 1.